The molecule has 1 saturated carbocycles. The van der Waals surface area contributed by atoms with Crippen molar-refractivity contribution in [2.45, 2.75) is 38.3 Å². The molecular formula is C7H13N. The highest BCUT2D eigenvalue weighted by Gasteiger charge is 2.44. The van der Waals surface area contributed by atoms with Gasteiger partial charge in [0.2, 0.25) is 0 Å². The lowest BCUT2D eigenvalue weighted by molar-refractivity contribution is 0.526. The molecule has 2 aliphatic rings. The fraction of sp³-hybridized carbons (Fsp3) is 1.00. The van der Waals surface area contributed by atoms with Crippen molar-refractivity contribution in [3.63, 3.8) is 0 Å². The van der Waals surface area contributed by atoms with Gasteiger partial charge in [0.1, 0.15) is 0 Å². The zero-order chi connectivity index (χ0) is 5.56. The SMILES string of the molecule is CC[C@@H]1C[C@@H]2C[C@@H]2N1. The van der Waals surface area contributed by atoms with E-state index in [1.54, 1.807) is 0 Å². The molecule has 2 fully saturated rings. The third-order valence-electron chi connectivity index (χ3n) is 2.45. The Kier molecular flexibility index (Phi) is 0.884. The fourth-order valence-electron chi connectivity index (χ4n) is 1.73. The van der Waals surface area contributed by atoms with E-state index in [0.717, 1.165) is 18.0 Å². The molecule has 0 amide bonds. The Morgan fingerprint density at radius 1 is 1.50 bits per heavy atom. The lowest BCUT2D eigenvalue weighted by Crippen LogP contribution is -2.24. The first kappa shape index (κ1) is 4.80. The monoisotopic (exact) mass is 111 g/mol. The van der Waals surface area contributed by atoms with Gasteiger partial charge in [0, 0.05) is 12.1 Å². The van der Waals surface area contributed by atoms with E-state index in [0.29, 0.717) is 0 Å². The molecule has 0 radical (unpaired) electrons. The summed E-state index contributed by atoms with van der Waals surface area (Å²) in [5.41, 5.74) is 0. The molecule has 1 heterocycles. The van der Waals surface area contributed by atoms with Crippen molar-refractivity contribution in [2.24, 2.45) is 5.92 Å². The van der Waals surface area contributed by atoms with Crippen LogP contribution in [-0.4, -0.2) is 12.1 Å². The maximum atomic E-state index is 3.58. The summed E-state index contributed by atoms with van der Waals surface area (Å²) in [6.45, 7) is 2.27. The van der Waals surface area contributed by atoms with Crippen LogP contribution in [0.1, 0.15) is 26.2 Å². The van der Waals surface area contributed by atoms with Crippen LogP contribution in [0.5, 0.6) is 0 Å². The molecule has 0 spiro atoms. The Labute approximate surface area is 50.5 Å². The van der Waals surface area contributed by atoms with E-state index in [4.69, 9.17) is 0 Å². The molecule has 2 rings (SSSR count). The van der Waals surface area contributed by atoms with Crippen molar-refractivity contribution in [2.75, 3.05) is 0 Å². The second-order valence-corrected chi connectivity index (χ2v) is 3.11. The summed E-state index contributed by atoms with van der Waals surface area (Å²) in [6, 6.07) is 1.82. The van der Waals surface area contributed by atoms with Crippen LogP contribution in [-0.2, 0) is 0 Å². The zero-order valence-electron chi connectivity index (χ0n) is 5.35. The number of nitrogens with one attached hydrogen (secondary N) is 1. The van der Waals surface area contributed by atoms with Crippen LogP contribution in [0.3, 0.4) is 0 Å². The van der Waals surface area contributed by atoms with E-state index in [1.807, 2.05) is 0 Å². The molecule has 46 valence electrons. The van der Waals surface area contributed by atoms with Crippen LogP contribution in [0.2, 0.25) is 0 Å². The normalized spacial score (nSPS) is 51.4. The average Bonchev–Trinajstić information content (AvgIpc) is 2.40. The van der Waals surface area contributed by atoms with E-state index in [9.17, 15) is 0 Å². The molecule has 8 heavy (non-hydrogen) atoms. The molecule has 0 unspecified atom stereocenters. The Bertz CT molecular complexity index is 90.6. The first-order valence-corrected chi connectivity index (χ1v) is 3.66. The van der Waals surface area contributed by atoms with Gasteiger partial charge in [0.15, 0.2) is 0 Å². The van der Waals surface area contributed by atoms with Crippen LogP contribution in [0.25, 0.3) is 0 Å². The summed E-state index contributed by atoms with van der Waals surface area (Å²) in [7, 11) is 0. The first-order chi connectivity index (χ1) is 3.90. The minimum atomic E-state index is 0.874. The van der Waals surface area contributed by atoms with Crippen LogP contribution >= 0.6 is 0 Å². The van der Waals surface area contributed by atoms with E-state index < -0.39 is 0 Å². The second kappa shape index (κ2) is 1.47. The zero-order valence-corrected chi connectivity index (χ0v) is 5.35. The number of fused-ring (bicyclic) bond motifs is 1. The Balaban J connectivity index is 1.89. The van der Waals surface area contributed by atoms with Gasteiger partial charge in [0.05, 0.1) is 0 Å². The van der Waals surface area contributed by atoms with Crippen molar-refractivity contribution >= 4 is 0 Å². The second-order valence-electron chi connectivity index (χ2n) is 3.11. The van der Waals surface area contributed by atoms with E-state index >= 15 is 0 Å². The van der Waals surface area contributed by atoms with Crippen LogP contribution in [0.4, 0.5) is 0 Å². The summed E-state index contributed by atoms with van der Waals surface area (Å²) in [4.78, 5) is 0. The van der Waals surface area contributed by atoms with Crippen LogP contribution in [0, 0.1) is 5.92 Å². The minimum Gasteiger partial charge on any atom is -0.311 e. The Morgan fingerprint density at radius 2 is 2.38 bits per heavy atom. The summed E-state index contributed by atoms with van der Waals surface area (Å²) >= 11 is 0. The molecule has 1 aliphatic carbocycles. The lowest BCUT2D eigenvalue weighted by atomic mass is 10.1. The number of rotatable bonds is 1. The maximum absolute atomic E-state index is 3.58. The molecule has 0 aromatic heterocycles. The Morgan fingerprint density at radius 3 is 2.75 bits per heavy atom. The predicted molar refractivity (Wildman–Crippen MR) is 33.7 cm³/mol. The molecular weight excluding hydrogens is 98.1 g/mol. The van der Waals surface area contributed by atoms with Gasteiger partial charge in [-0.3, -0.25) is 0 Å². The Hall–Kier alpha value is -0.0400. The van der Waals surface area contributed by atoms with Crippen LogP contribution in [0.15, 0.2) is 0 Å². The summed E-state index contributed by atoms with van der Waals surface area (Å²) in [5.74, 6) is 1.08. The highest BCUT2D eigenvalue weighted by atomic mass is 15.0. The third kappa shape index (κ3) is 0.576. The van der Waals surface area contributed by atoms with Crippen LogP contribution < -0.4 is 5.32 Å². The van der Waals surface area contributed by atoms with E-state index in [-0.39, 0.29) is 0 Å². The smallest absolute Gasteiger partial charge is 0.0102 e. The molecule has 0 aromatic carbocycles. The molecule has 1 nitrogen and oxygen atoms in total. The highest BCUT2D eigenvalue weighted by molar-refractivity contribution is 5.02. The lowest BCUT2D eigenvalue weighted by Gasteiger charge is -2.07. The quantitative estimate of drug-likeness (QED) is 0.535. The molecule has 0 bridgehead atoms. The molecule has 0 aromatic rings. The molecule has 1 aliphatic heterocycles. The van der Waals surface area contributed by atoms with Gasteiger partial charge in [-0.1, -0.05) is 6.92 Å². The van der Waals surface area contributed by atoms with Gasteiger partial charge in [-0.05, 0) is 25.2 Å². The number of hydrogen-bond acceptors (Lipinski definition) is 1. The molecule has 1 N–H and O–H groups in total. The molecule has 1 saturated heterocycles. The standard InChI is InChI=1S/C7H13N/c1-2-6-3-5-4-7(5)8-6/h5-8H,2-4H2,1H3/t5-,6-,7+/m1/s1. The summed E-state index contributed by atoms with van der Waals surface area (Å²) in [6.07, 6.45) is 4.25. The first-order valence-electron chi connectivity index (χ1n) is 3.66. The maximum Gasteiger partial charge on any atom is 0.0102 e. The summed E-state index contributed by atoms with van der Waals surface area (Å²) < 4.78 is 0. The van der Waals surface area contributed by atoms with Gasteiger partial charge >= 0.3 is 0 Å². The van der Waals surface area contributed by atoms with Crippen molar-refractivity contribution in [3.05, 3.63) is 0 Å². The van der Waals surface area contributed by atoms with Gasteiger partial charge in [-0.2, -0.15) is 0 Å². The van der Waals surface area contributed by atoms with E-state index in [2.05, 4.69) is 12.2 Å². The van der Waals surface area contributed by atoms with Gasteiger partial charge in [-0.15, -0.1) is 0 Å². The fourth-order valence-corrected chi connectivity index (χ4v) is 1.73. The topological polar surface area (TPSA) is 12.0 Å². The average molecular weight is 111 g/mol. The van der Waals surface area contributed by atoms with E-state index in [1.165, 1.54) is 19.3 Å². The van der Waals surface area contributed by atoms with Gasteiger partial charge in [0.25, 0.3) is 0 Å². The van der Waals surface area contributed by atoms with Gasteiger partial charge in [-0.25, -0.2) is 0 Å². The van der Waals surface area contributed by atoms with Crippen molar-refractivity contribution in [1.29, 1.82) is 0 Å². The highest BCUT2D eigenvalue weighted by Crippen LogP contribution is 2.41. The predicted octanol–water partition coefficient (Wildman–Crippen LogP) is 1.15. The van der Waals surface area contributed by atoms with Crippen molar-refractivity contribution in [3.8, 4) is 0 Å². The number of piperidine rings is 1. The largest absolute Gasteiger partial charge is 0.311 e. The summed E-state index contributed by atoms with van der Waals surface area (Å²) in [5, 5.41) is 3.58. The molecule has 1 heteroatoms. The molecule has 3 atom stereocenters. The minimum absolute atomic E-state index is 0.874. The van der Waals surface area contributed by atoms with Crippen molar-refractivity contribution < 1.29 is 0 Å². The van der Waals surface area contributed by atoms with Gasteiger partial charge < -0.3 is 5.32 Å². The van der Waals surface area contributed by atoms with Crippen molar-refractivity contribution in [1.82, 2.24) is 5.32 Å². The third-order valence-corrected chi connectivity index (χ3v) is 2.45. The number of hydrogen-bond donors (Lipinski definition) is 1.